The standard InChI is InChI=1S/C17H28BNO2/c1-15(2)16(3,4)21-18(20-15)17(5,19)13-9-12-14-10-7-6-8-11-14/h6-8,10-11H,9,12-13,19H2,1-5H3. The van der Waals surface area contributed by atoms with E-state index >= 15 is 0 Å². The Morgan fingerprint density at radius 3 is 2.10 bits per heavy atom. The van der Waals surface area contributed by atoms with E-state index in [-0.39, 0.29) is 18.3 Å². The van der Waals surface area contributed by atoms with E-state index in [2.05, 4.69) is 52.0 Å². The van der Waals surface area contributed by atoms with Crippen LogP contribution in [-0.2, 0) is 15.7 Å². The minimum absolute atomic E-state index is 0.322. The van der Waals surface area contributed by atoms with Gasteiger partial charge in [-0.25, -0.2) is 0 Å². The SMILES string of the molecule is CC(N)(CCCc1ccccc1)B1OC(C)(C)C(C)(C)O1. The second-order valence-electron chi connectivity index (χ2n) is 7.43. The smallest absolute Gasteiger partial charge is 0.402 e. The van der Waals surface area contributed by atoms with Crippen molar-refractivity contribution in [3.8, 4) is 0 Å². The molecule has 0 bridgehead atoms. The predicted molar refractivity (Wildman–Crippen MR) is 88.1 cm³/mol. The van der Waals surface area contributed by atoms with Crippen molar-refractivity contribution in [1.82, 2.24) is 0 Å². The molecular weight excluding hydrogens is 261 g/mol. The van der Waals surface area contributed by atoms with Crippen molar-refractivity contribution >= 4 is 7.12 Å². The molecule has 1 aromatic rings. The number of benzene rings is 1. The van der Waals surface area contributed by atoms with Gasteiger partial charge >= 0.3 is 7.12 Å². The average molecular weight is 289 g/mol. The fourth-order valence-electron chi connectivity index (χ4n) is 2.55. The summed E-state index contributed by atoms with van der Waals surface area (Å²) in [5.41, 5.74) is 6.71. The minimum Gasteiger partial charge on any atom is -0.402 e. The molecule has 1 heterocycles. The third kappa shape index (κ3) is 3.68. The van der Waals surface area contributed by atoms with Crippen LogP contribution in [-0.4, -0.2) is 23.8 Å². The quantitative estimate of drug-likeness (QED) is 0.845. The molecule has 21 heavy (non-hydrogen) atoms. The highest BCUT2D eigenvalue weighted by atomic mass is 16.7. The highest BCUT2D eigenvalue weighted by Crippen LogP contribution is 2.39. The number of hydrogen-bond acceptors (Lipinski definition) is 3. The third-order valence-electron chi connectivity index (χ3n) is 4.82. The Morgan fingerprint density at radius 2 is 1.57 bits per heavy atom. The summed E-state index contributed by atoms with van der Waals surface area (Å²) in [5, 5.41) is 0. The number of aryl methyl sites for hydroxylation is 1. The molecule has 3 nitrogen and oxygen atoms in total. The molecule has 0 amide bonds. The van der Waals surface area contributed by atoms with Crippen LogP contribution in [0.1, 0.15) is 53.0 Å². The van der Waals surface area contributed by atoms with Crippen LogP contribution in [0.25, 0.3) is 0 Å². The maximum atomic E-state index is 6.48. The molecule has 1 aliphatic rings. The van der Waals surface area contributed by atoms with Crippen LogP contribution in [0.5, 0.6) is 0 Å². The molecular formula is C17H28BNO2. The first-order valence-electron chi connectivity index (χ1n) is 7.82. The van der Waals surface area contributed by atoms with E-state index in [1.54, 1.807) is 0 Å². The lowest BCUT2D eigenvalue weighted by Crippen LogP contribution is -2.53. The monoisotopic (exact) mass is 289 g/mol. The summed E-state index contributed by atoms with van der Waals surface area (Å²) in [6, 6.07) is 10.5. The van der Waals surface area contributed by atoms with Crippen LogP contribution >= 0.6 is 0 Å². The van der Waals surface area contributed by atoms with Crippen LogP contribution in [0, 0.1) is 0 Å². The Labute approximate surface area is 129 Å². The molecule has 4 heteroatoms. The number of hydrogen-bond donors (Lipinski definition) is 1. The van der Waals surface area contributed by atoms with Gasteiger partial charge in [-0.1, -0.05) is 30.3 Å². The number of nitrogens with two attached hydrogens (primary N) is 1. The van der Waals surface area contributed by atoms with Crippen LogP contribution < -0.4 is 5.73 Å². The van der Waals surface area contributed by atoms with Gasteiger partial charge in [-0.3, -0.25) is 0 Å². The molecule has 1 atom stereocenters. The summed E-state index contributed by atoms with van der Waals surface area (Å²) in [6.07, 6.45) is 2.94. The fourth-order valence-corrected chi connectivity index (χ4v) is 2.55. The Hall–Kier alpha value is -0.835. The van der Waals surface area contributed by atoms with Crippen LogP contribution in [0.3, 0.4) is 0 Å². The van der Waals surface area contributed by atoms with Crippen molar-refractivity contribution < 1.29 is 9.31 Å². The van der Waals surface area contributed by atoms with Crippen molar-refractivity contribution in [3.05, 3.63) is 35.9 Å². The summed E-state index contributed by atoms with van der Waals surface area (Å²) in [5.74, 6) is 0. The first-order valence-corrected chi connectivity index (χ1v) is 7.82. The average Bonchev–Trinajstić information content (AvgIpc) is 2.60. The fraction of sp³-hybridized carbons (Fsp3) is 0.647. The Balaban J connectivity index is 1.91. The first kappa shape index (κ1) is 16.5. The second kappa shape index (κ2) is 5.75. The van der Waals surface area contributed by atoms with Gasteiger partial charge in [0, 0.05) is 5.44 Å². The molecule has 0 aliphatic carbocycles. The van der Waals surface area contributed by atoms with Gasteiger partial charge in [-0.05, 0) is 59.4 Å². The normalized spacial score (nSPS) is 23.0. The van der Waals surface area contributed by atoms with Crippen molar-refractivity contribution in [3.63, 3.8) is 0 Å². The van der Waals surface area contributed by atoms with Gasteiger partial charge in [0.15, 0.2) is 0 Å². The lowest BCUT2D eigenvalue weighted by Gasteiger charge is -2.32. The number of rotatable bonds is 5. The maximum Gasteiger partial charge on any atom is 0.478 e. The van der Waals surface area contributed by atoms with Crippen LogP contribution in [0.2, 0.25) is 0 Å². The molecule has 0 aromatic heterocycles. The van der Waals surface area contributed by atoms with Crippen molar-refractivity contribution in [2.75, 3.05) is 0 Å². The molecule has 0 saturated carbocycles. The van der Waals surface area contributed by atoms with Gasteiger partial charge in [-0.2, -0.15) is 0 Å². The summed E-state index contributed by atoms with van der Waals surface area (Å²) in [7, 11) is -0.349. The third-order valence-corrected chi connectivity index (χ3v) is 4.82. The van der Waals surface area contributed by atoms with E-state index in [1.165, 1.54) is 5.56 Å². The van der Waals surface area contributed by atoms with E-state index in [9.17, 15) is 0 Å². The van der Waals surface area contributed by atoms with Crippen LogP contribution in [0.15, 0.2) is 30.3 Å². The molecule has 1 saturated heterocycles. The summed E-state index contributed by atoms with van der Waals surface area (Å²) in [4.78, 5) is 0. The predicted octanol–water partition coefficient (Wildman–Crippen LogP) is 3.36. The Morgan fingerprint density at radius 1 is 1.05 bits per heavy atom. The lowest BCUT2D eigenvalue weighted by atomic mass is 9.63. The topological polar surface area (TPSA) is 44.5 Å². The second-order valence-corrected chi connectivity index (χ2v) is 7.43. The Bertz CT molecular complexity index is 455. The molecule has 1 unspecified atom stereocenters. The Kier molecular flexibility index (Phi) is 4.53. The molecule has 1 fully saturated rings. The maximum absolute atomic E-state index is 6.48. The van der Waals surface area contributed by atoms with Crippen LogP contribution in [0.4, 0.5) is 0 Å². The van der Waals surface area contributed by atoms with Crippen molar-refractivity contribution in [2.24, 2.45) is 5.73 Å². The summed E-state index contributed by atoms with van der Waals surface area (Å²) < 4.78 is 12.2. The van der Waals surface area contributed by atoms with E-state index in [1.807, 2.05) is 13.0 Å². The van der Waals surface area contributed by atoms with E-state index in [0.29, 0.717) is 0 Å². The van der Waals surface area contributed by atoms with Crippen molar-refractivity contribution in [2.45, 2.75) is 70.5 Å². The van der Waals surface area contributed by atoms with Crippen molar-refractivity contribution in [1.29, 1.82) is 0 Å². The van der Waals surface area contributed by atoms with Gasteiger partial charge in [0.2, 0.25) is 0 Å². The van der Waals surface area contributed by atoms with Gasteiger partial charge in [-0.15, -0.1) is 0 Å². The zero-order valence-electron chi connectivity index (χ0n) is 14.0. The molecule has 2 N–H and O–H groups in total. The molecule has 0 spiro atoms. The first-order chi connectivity index (χ1) is 9.64. The minimum atomic E-state index is -0.472. The van der Waals surface area contributed by atoms with E-state index in [4.69, 9.17) is 15.0 Å². The van der Waals surface area contributed by atoms with Gasteiger partial charge < -0.3 is 15.0 Å². The molecule has 1 aromatic carbocycles. The molecule has 1 aliphatic heterocycles. The molecule has 116 valence electrons. The zero-order chi connectivity index (χ0) is 15.7. The summed E-state index contributed by atoms with van der Waals surface area (Å²) in [6.45, 7) is 10.3. The highest BCUT2D eigenvalue weighted by molar-refractivity contribution is 6.49. The van der Waals surface area contributed by atoms with Gasteiger partial charge in [0.25, 0.3) is 0 Å². The van der Waals surface area contributed by atoms with Gasteiger partial charge in [0.1, 0.15) is 0 Å². The largest absolute Gasteiger partial charge is 0.478 e. The van der Waals surface area contributed by atoms with E-state index in [0.717, 1.165) is 19.3 Å². The highest BCUT2D eigenvalue weighted by Gasteiger charge is 2.56. The lowest BCUT2D eigenvalue weighted by molar-refractivity contribution is 0.00578. The summed E-state index contributed by atoms with van der Waals surface area (Å²) >= 11 is 0. The van der Waals surface area contributed by atoms with Gasteiger partial charge in [0.05, 0.1) is 11.2 Å². The van der Waals surface area contributed by atoms with E-state index < -0.39 is 5.44 Å². The molecule has 2 rings (SSSR count). The molecule has 0 radical (unpaired) electrons. The zero-order valence-corrected chi connectivity index (χ0v) is 14.0.